The second-order valence-electron chi connectivity index (χ2n) is 3.56. The van der Waals surface area contributed by atoms with Crippen molar-refractivity contribution in [3.8, 4) is 0 Å². The number of nitrogens with two attached hydrogens (primary N) is 1. The van der Waals surface area contributed by atoms with Gasteiger partial charge in [-0.15, -0.1) is 17.9 Å². The van der Waals surface area contributed by atoms with E-state index in [-0.39, 0.29) is 6.04 Å². The van der Waals surface area contributed by atoms with Crippen LogP contribution in [0.3, 0.4) is 0 Å². The Labute approximate surface area is 89.0 Å². The van der Waals surface area contributed by atoms with Crippen molar-refractivity contribution in [2.24, 2.45) is 5.84 Å². The fourth-order valence-electron chi connectivity index (χ4n) is 1.45. The van der Waals surface area contributed by atoms with Gasteiger partial charge in [0.2, 0.25) is 0 Å². The molecule has 0 spiro atoms. The Morgan fingerprint density at radius 2 is 2.29 bits per heavy atom. The highest BCUT2D eigenvalue weighted by atomic mass is 32.1. The predicted molar refractivity (Wildman–Crippen MR) is 61.1 cm³/mol. The third-order valence-corrected chi connectivity index (χ3v) is 3.20. The van der Waals surface area contributed by atoms with Crippen molar-refractivity contribution in [1.29, 1.82) is 0 Å². The van der Waals surface area contributed by atoms with E-state index in [1.165, 1.54) is 4.88 Å². The van der Waals surface area contributed by atoms with E-state index in [1.807, 2.05) is 20.8 Å². The number of rotatable bonds is 4. The first-order valence-corrected chi connectivity index (χ1v) is 5.40. The molecule has 3 nitrogen and oxygen atoms in total. The van der Waals surface area contributed by atoms with Crippen LogP contribution in [0.1, 0.15) is 35.0 Å². The first-order chi connectivity index (χ1) is 6.54. The van der Waals surface area contributed by atoms with Crippen LogP contribution in [0.4, 0.5) is 0 Å². The second-order valence-corrected chi connectivity index (χ2v) is 4.80. The minimum atomic E-state index is 0.152. The summed E-state index contributed by atoms with van der Waals surface area (Å²) in [5.41, 5.74) is 5.00. The van der Waals surface area contributed by atoms with Crippen LogP contribution in [-0.2, 0) is 0 Å². The van der Waals surface area contributed by atoms with Gasteiger partial charge in [-0.3, -0.25) is 11.3 Å². The average Bonchev–Trinajstić information content (AvgIpc) is 2.41. The van der Waals surface area contributed by atoms with Crippen molar-refractivity contribution in [3.63, 3.8) is 0 Å². The molecule has 1 unspecified atom stereocenters. The minimum absolute atomic E-state index is 0.152. The fraction of sp³-hybridized carbons (Fsp3) is 0.500. The Morgan fingerprint density at radius 3 is 2.64 bits per heavy atom. The molecule has 0 saturated carbocycles. The molecule has 0 aliphatic carbocycles. The summed E-state index contributed by atoms with van der Waals surface area (Å²) >= 11 is 1.69. The Morgan fingerprint density at radius 1 is 1.64 bits per heavy atom. The molecule has 0 fully saturated rings. The van der Waals surface area contributed by atoms with Gasteiger partial charge < -0.3 is 0 Å². The van der Waals surface area contributed by atoms with E-state index < -0.39 is 0 Å². The molecule has 78 valence electrons. The molecular formula is C10H17N3S. The Bertz CT molecular complexity index is 330. The van der Waals surface area contributed by atoms with Gasteiger partial charge in [-0.05, 0) is 27.2 Å². The molecule has 0 amide bonds. The fourth-order valence-corrected chi connectivity index (χ4v) is 2.43. The molecule has 1 aromatic heterocycles. The zero-order chi connectivity index (χ0) is 10.7. The van der Waals surface area contributed by atoms with Crippen molar-refractivity contribution < 1.29 is 0 Å². The smallest absolute Gasteiger partial charge is 0.0900 e. The molecule has 0 aromatic carbocycles. The minimum Gasteiger partial charge on any atom is -0.271 e. The van der Waals surface area contributed by atoms with Crippen molar-refractivity contribution in [1.82, 2.24) is 10.4 Å². The first kappa shape index (κ1) is 11.4. The number of nitrogens with one attached hydrogen (secondary N) is 1. The number of hydrogen-bond acceptors (Lipinski definition) is 4. The standard InChI is InChI=1S/C10H17N3S/c1-6(2)5-9(13-11)10-7(3)12-8(4)14-10/h9,13H,1,5,11H2,2-4H3. The van der Waals surface area contributed by atoms with E-state index in [1.54, 1.807) is 11.3 Å². The molecule has 1 aromatic rings. The van der Waals surface area contributed by atoms with Crippen molar-refractivity contribution in [2.75, 3.05) is 0 Å². The molecule has 0 bridgehead atoms. The third kappa shape index (κ3) is 2.64. The monoisotopic (exact) mass is 211 g/mol. The van der Waals surface area contributed by atoms with Gasteiger partial charge in [0.1, 0.15) is 0 Å². The summed E-state index contributed by atoms with van der Waals surface area (Å²) in [5, 5.41) is 1.08. The summed E-state index contributed by atoms with van der Waals surface area (Å²) in [5.74, 6) is 5.52. The number of nitrogens with zero attached hydrogens (tertiary/aromatic N) is 1. The first-order valence-electron chi connectivity index (χ1n) is 4.59. The molecule has 3 N–H and O–H groups in total. The predicted octanol–water partition coefficient (Wildman–Crippen LogP) is 2.23. The maximum atomic E-state index is 5.52. The van der Waals surface area contributed by atoms with Crippen LogP contribution < -0.4 is 11.3 Å². The average molecular weight is 211 g/mol. The van der Waals surface area contributed by atoms with Gasteiger partial charge in [0, 0.05) is 4.88 Å². The van der Waals surface area contributed by atoms with Crippen LogP contribution in [0.2, 0.25) is 0 Å². The highest BCUT2D eigenvalue weighted by molar-refractivity contribution is 7.11. The Hall–Kier alpha value is -0.710. The normalized spacial score (nSPS) is 12.9. The van der Waals surface area contributed by atoms with E-state index in [0.29, 0.717) is 0 Å². The van der Waals surface area contributed by atoms with Gasteiger partial charge in [0.15, 0.2) is 0 Å². The topological polar surface area (TPSA) is 50.9 Å². The highest BCUT2D eigenvalue weighted by Crippen LogP contribution is 2.28. The lowest BCUT2D eigenvalue weighted by Gasteiger charge is -2.14. The molecule has 0 aliphatic heterocycles. The van der Waals surface area contributed by atoms with Crippen molar-refractivity contribution in [3.05, 3.63) is 27.7 Å². The van der Waals surface area contributed by atoms with Gasteiger partial charge in [-0.2, -0.15) is 0 Å². The molecule has 1 heterocycles. The molecule has 14 heavy (non-hydrogen) atoms. The van der Waals surface area contributed by atoms with E-state index in [4.69, 9.17) is 5.84 Å². The van der Waals surface area contributed by atoms with Crippen molar-refractivity contribution in [2.45, 2.75) is 33.2 Å². The maximum Gasteiger partial charge on any atom is 0.0900 e. The quantitative estimate of drug-likeness (QED) is 0.456. The van der Waals surface area contributed by atoms with Crippen LogP contribution in [-0.4, -0.2) is 4.98 Å². The van der Waals surface area contributed by atoms with E-state index in [9.17, 15) is 0 Å². The van der Waals surface area contributed by atoms with E-state index in [2.05, 4.69) is 17.0 Å². The van der Waals surface area contributed by atoms with Gasteiger partial charge in [0.25, 0.3) is 0 Å². The van der Waals surface area contributed by atoms with Crippen LogP contribution in [0.25, 0.3) is 0 Å². The zero-order valence-electron chi connectivity index (χ0n) is 8.92. The number of thiazole rings is 1. The molecule has 1 rings (SSSR count). The molecule has 4 heteroatoms. The van der Waals surface area contributed by atoms with Gasteiger partial charge >= 0.3 is 0 Å². The highest BCUT2D eigenvalue weighted by Gasteiger charge is 2.15. The summed E-state index contributed by atoms with van der Waals surface area (Å²) in [6.45, 7) is 9.93. The van der Waals surface area contributed by atoms with E-state index in [0.717, 1.165) is 22.7 Å². The Kier molecular flexibility index (Phi) is 3.80. The van der Waals surface area contributed by atoms with Crippen LogP contribution in [0.5, 0.6) is 0 Å². The molecule has 0 saturated heterocycles. The van der Waals surface area contributed by atoms with Crippen molar-refractivity contribution >= 4 is 11.3 Å². The molecule has 0 aliphatic rings. The zero-order valence-corrected chi connectivity index (χ0v) is 9.74. The van der Waals surface area contributed by atoms with Crippen LogP contribution >= 0.6 is 11.3 Å². The number of aryl methyl sites for hydroxylation is 2. The maximum absolute atomic E-state index is 5.52. The number of hydrazine groups is 1. The summed E-state index contributed by atoms with van der Waals surface area (Å²) in [6, 6.07) is 0.152. The SMILES string of the molecule is C=C(C)CC(NN)c1sc(C)nc1C. The van der Waals surface area contributed by atoms with Gasteiger partial charge in [-0.1, -0.05) is 5.57 Å². The number of aromatic nitrogens is 1. The summed E-state index contributed by atoms with van der Waals surface area (Å²) in [7, 11) is 0. The van der Waals surface area contributed by atoms with Crippen LogP contribution in [0.15, 0.2) is 12.2 Å². The van der Waals surface area contributed by atoms with Gasteiger partial charge in [0.05, 0.1) is 16.7 Å². The summed E-state index contributed by atoms with van der Waals surface area (Å²) in [4.78, 5) is 5.60. The Balaban J connectivity index is 2.88. The lowest BCUT2D eigenvalue weighted by atomic mass is 10.1. The largest absolute Gasteiger partial charge is 0.271 e. The van der Waals surface area contributed by atoms with Gasteiger partial charge in [-0.25, -0.2) is 4.98 Å². The second kappa shape index (κ2) is 4.68. The van der Waals surface area contributed by atoms with Crippen LogP contribution in [0, 0.1) is 13.8 Å². The lowest BCUT2D eigenvalue weighted by molar-refractivity contribution is 0.555. The third-order valence-electron chi connectivity index (χ3n) is 2.01. The molecule has 0 radical (unpaired) electrons. The lowest BCUT2D eigenvalue weighted by Crippen LogP contribution is -2.28. The molecule has 1 atom stereocenters. The summed E-state index contributed by atoms with van der Waals surface area (Å²) in [6.07, 6.45) is 0.860. The number of hydrogen-bond donors (Lipinski definition) is 2. The molecular weight excluding hydrogens is 194 g/mol. The summed E-state index contributed by atoms with van der Waals surface area (Å²) < 4.78 is 0. The van der Waals surface area contributed by atoms with E-state index >= 15 is 0 Å².